The lowest BCUT2D eigenvalue weighted by Crippen LogP contribution is -2.55. The molecule has 188 valence electrons. The van der Waals surface area contributed by atoms with Crippen molar-refractivity contribution in [1.29, 1.82) is 0 Å². The number of esters is 1. The van der Waals surface area contributed by atoms with Crippen LogP contribution in [-0.4, -0.2) is 66.7 Å². The number of carbonyl (C=O) groups excluding carboxylic acids is 2. The molecule has 1 fully saturated rings. The second kappa shape index (κ2) is 10.5. The number of piperazine rings is 1. The molecule has 4 rings (SSSR count). The molecule has 0 radical (unpaired) electrons. The van der Waals surface area contributed by atoms with Gasteiger partial charge in [-0.05, 0) is 75.1 Å². The van der Waals surface area contributed by atoms with E-state index in [0.29, 0.717) is 24.3 Å². The van der Waals surface area contributed by atoms with Crippen molar-refractivity contribution in [2.24, 2.45) is 0 Å². The van der Waals surface area contributed by atoms with Crippen LogP contribution >= 0.6 is 0 Å². The highest BCUT2D eigenvalue weighted by molar-refractivity contribution is 5.94. The van der Waals surface area contributed by atoms with Crippen LogP contribution < -0.4 is 5.32 Å². The van der Waals surface area contributed by atoms with Crippen LogP contribution in [0.2, 0.25) is 0 Å². The van der Waals surface area contributed by atoms with Gasteiger partial charge in [-0.3, -0.25) is 9.69 Å². The summed E-state index contributed by atoms with van der Waals surface area (Å²) in [5, 5.41) is 3.47. The Morgan fingerprint density at radius 3 is 2.54 bits per heavy atom. The second-order valence-electron chi connectivity index (χ2n) is 10.4. The summed E-state index contributed by atoms with van der Waals surface area (Å²) in [6.07, 6.45) is 0.744. The first-order valence-electron chi connectivity index (χ1n) is 12.4. The average molecular weight is 480 g/mol. The number of benzene rings is 2. The molecule has 0 saturated carbocycles. The third kappa shape index (κ3) is 5.92. The molecule has 2 heterocycles. The summed E-state index contributed by atoms with van der Waals surface area (Å²) in [7, 11) is 1.88. The summed E-state index contributed by atoms with van der Waals surface area (Å²) < 4.78 is 11.0. The van der Waals surface area contributed by atoms with Gasteiger partial charge in [0.15, 0.2) is 0 Å². The summed E-state index contributed by atoms with van der Waals surface area (Å²) in [5.41, 5.74) is 4.20. The van der Waals surface area contributed by atoms with Gasteiger partial charge in [-0.25, -0.2) is 4.79 Å². The Bertz CT molecular complexity index is 1060. The maximum atomic E-state index is 13.4. The van der Waals surface area contributed by atoms with Gasteiger partial charge in [0.1, 0.15) is 5.60 Å². The van der Waals surface area contributed by atoms with E-state index in [2.05, 4.69) is 17.1 Å². The molecule has 2 aliphatic rings. The molecule has 2 aromatic rings. The summed E-state index contributed by atoms with van der Waals surface area (Å²) in [4.78, 5) is 30.0. The van der Waals surface area contributed by atoms with E-state index in [1.54, 1.807) is 0 Å². The van der Waals surface area contributed by atoms with Crippen molar-refractivity contribution in [2.45, 2.75) is 58.5 Å². The van der Waals surface area contributed by atoms with E-state index in [1.807, 2.05) is 75.2 Å². The van der Waals surface area contributed by atoms with E-state index in [4.69, 9.17) is 9.47 Å². The largest absolute Gasteiger partial charge is 0.456 e. The third-order valence-corrected chi connectivity index (χ3v) is 6.80. The lowest BCUT2D eigenvalue weighted by molar-refractivity contribution is 0.00683. The molecule has 35 heavy (non-hydrogen) atoms. The predicted molar refractivity (Wildman–Crippen MR) is 135 cm³/mol. The number of hydrogen-bond donors (Lipinski definition) is 1. The smallest absolute Gasteiger partial charge is 0.338 e. The van der Waals surface area contributed by atoms with Crippen LogP contribution in [0.15, 0.2) is 42.5 Å². The number of rotatable bonds is 5. The van der Waals surface area contributed by atoms with Crippen LogP contribution in [0.1, 0.15) is 71.1 Å². The van der Waals surface area contributed by atoms with E-state index < -0.39 is 5.60 Å². The molecular formula is C28H37N3O4. The van der Waals surface area contributed by atoms with Gasteiger partial charge < -0.3 is 19.7 Å². The Hall–Kier alpha value is -2.74. The third-order valence-electron chi connectivity index (χ3n) is 6.80. The Labute approximate surface area is 208 Å². The highest BCUT2D eigenvalue weighted by Gasteiger charge is 2.32. The van der Waals surface area contributed by atoms with Crippen LogP contribution in [-0.2, 0) is 22.5 Å². The van der Waals surface area contributed by atoms with Gasteiger partial charge in [-0.2, -0.15) is 0 Å². The number of nitrogens with one attached hydrogen (secondary N) is 1. The van der Waals surface area contributed by atoms with Crippen molar-refractivity contribution in [3.05, 3.63) is 70.3 Å². The molecule has 0 spiro atoms. The topological polar surface area (TPSA) is 71.1 Å². The van der Waals surface area contributed by atoms with E-state index in [9.17, 15) is 9.59 Å². The van der Waals surface area contributed by atoms with E-state index in [0.717, 1.165) is 31.6 Å². The van der Waals surface area contributed by atoms with Crippen LogP contribution in [0.5, 0.6) is 0 Å². The van der Waals surface area contributed by atoms with Crippen LogP contribution in [0.25, 0.3) is 0 Å². The Morgan fingerprint density at radius 2 is 1.83 bits per heavy atom. The minimum absolute atomic E-state index is 0.0179. The van der Waals surface area contributed by atoms with E-state index in [1.165, 1.54) is 11.1 Å². The number of fused-ring (bicyclic) bond motifs is 1. The maximum Gasteiger partial charge on any atom is 0.338 e. The minimum Gasteiger partial charge on any atom is -0.456 e. The standard InChI is InChI=1S/C28H37N3O4/c1-19(30(5)26(32)23-10-11-24-18-34-15-12-22(24)16-23)31-14-13-29-17-25(31)20-6-8-21(9-7-20)27(33)35-28(2,3)4/h6-11,16,19,25,29H,12-15,17-18H2,1-5H3/t19-,25-/m1/s1. The first kappa shape index (κ1) is 25.4. The van der Waals surface area contributed by atoms with E-state index >= 15 is 0 Å². The molecular weight excluding hydrogens is 442 g/mol. The van der Waals surface area contributed by atoms with Gasteiger partial charge >= 0.3 is 5.97 Å². The highest BCUT2D eigenvalue weighted by Crippen LogP contribution is 2.27. The predicted octanol–water partition coefficient (Wildman–Crippen LogP) is 3.78. The Balaban J connectivity index is 1.48. The zero-order valence-corrected chi connectivity index (χ0v) is 21.5. The van der Waals surface area contributed by atoms with Crippen LogP contribution in [0.3, 0.4) is 0 Å². The lowest BCUT2D eigenvalue weighted by Gasteiger charge is -2.43. The maximum absolute atomic E-state index is 13.4. The van der Waals surface area contributed by atoms with Gasteiger partial charge in [0.25, 0.3) is 5.91 Å². The molecule has 0 aliphatic carbocycles. The first-order chi connectivity index (χ1) is 16.6. The summed E-state index contributed by atoms with van der Waals surface area (Å²) >= 11 is 0. The molecule has 0 aromatic heterocycles. The minimum atomic E-state index is -0.530. The van der Waals surface area contributed by atoms with Gasteiger partial charge in [0.05, 0.1) is 24.9 Å². The zero-order chi connectivity index (χ0) is 25.2. The number of ether oxygens (including phenoxy) is 2. The SMILES string of the molecule is C[C@H](N(C)C(=O)c1ccc2c(c1)CCOC2)N1CCNC[C@@H]1c1ccc(C(=O)OC(C)(C)C)cc1. The summed E-state index contributed by atoms with van der Waals surface area (Å²) in [6.45, 7) is 11.4. The summed E-state index contributed by atoms with van der Waals surface area (Å²) in [5.74, 6) is -0.303. The molecule has 1 amide bonds. The molecule has 2 aromatic carbocycles. The second-order valence-corrected chi connectivity index (χ2v) is 10.4. The van der Waals surface area contributed by atoms with Crippen molar-refractivity contribution >= 4 is 11.9 Å². The molecule has 2 atom stereocenters. The normalized spacial score (nSPS) is 19.5. The fourth-order valence-electron chi connectivity index (χ4n) is 4.75. The quantitative estimate of drug-likeness (QED) is 0.658. The molecule has 7 heteroatoms. The highest BCUT2D eigenvalue weighted by atomic mass is 16.6. The first-order valence-corrected chi connectivity index (χ1v) is 12.4. The average Bonchev–Trinajstić information content (AvgIpc) is 2.86. The Kier molecular flexibility index (Phi) is 7.59. The van der Waals surface area contributed by atoms with Gasteiger partial charge in [0.2, 0.25) is 0 Å². The number of hydrogen-bond acceptors (Lipinski definition) is 6. The molecule has 2 aliphatic heterocycles. The molecule has 0 unspecified atom stereocenters. The number of amides is 1. The molecule has 7 nitrogen and oxygen atoms in total. The van der Waals surface area contributed by atoms with Crippen molar-refractivity contribution < 1.29 is 19.1 Å². The van der Waals surface area contributed by atoms with Gasteiger partial charge in [-0.15, -0.1) is 0 Å². The zero-order valence-electron chi connectivity index (χ0n) is 21.5. The van der Waals surface area contributed by atoms with Crippen molar-refractivity contribution in [3.8, 4) is 0 Å². The molecule has 1 N–H and O–H groups in total. The van der Waals surface area contributed by atoms with Gasteiger partial charge in [0, 0.05) is 38.3 Å². The van der Waals surface area contributed by atoms with E-state index in [-0.39, 0.29) is 24.1 Å². The Morgan fingerprint density at radius 1 is 1.11 bits per heavy atom. The lowest BCUT2D eigenvalue weighted by atomic mass is 9.99. The fourth-order valence-corrected chi connectivity index (χ4v) is 4.75. The van der Waals surface area contributed by atoms with Crippen molar-refractivity contribution in [2.75, 3.05) is 33.3 Å². The van der Waals surface area contributed by atoms with Crippen LogP contribution in [0.4, 0.5) is 0 Å². The van der Waals surface area contributed by atoms with Crippen LogP contribution in [0, 0.1) is 0 Å². The fraction of sp³-hybridized carbons (Fsp3) is 0.500. The van der Waals surface area contributed by atoms with Crippen molar-refractivity contribution in [1.82, 2.24) is 15.1 Å². The molecule has 1 saturated heterocycles. The number of carbonyl (C=O) groups is 2. The number of nitrogens with zero attached hydrogens (tertiary/aromatic N) is 2. The molecule has 0 bridgehead atoms. The monoisotopic (exact) mass is 479 g/mol. The van der Waals surface area contributed by atoms with Gasteiger partial charge in [-0.1, -0.05) is 18.2 Å². The van der Waals surface area contributed by atoms with Crippen molar-refractivity contribution in [3.63, 3.8) is 0 Å². The summed E-state index contributed by atoms with van der Waals surface area (Å²) in [6, 6.07) is 13.7.